The minimum atomic E-state index is -0.653. The summed E-state index contributed by atoms with van der Waals surface area (Å²) in [6.07, 6.45) is 2.28. The highest BCUT2D eigenvalue weighted by Crippen LogP contribution is 2.30. The maximum atomic E-state index is 12.9. The molecule has 3 aromatic rings. The van der Waals surface area contributed by atoms with Gasteiger partial charge in [0, 0.05) is 5.69 Å². The molecule has 184 valence electrons. The molecule has 0 saturated carbocycles. The lowest BCUT2D eigenvalue weighted by molar-refractivity contribution is -0.127. The van der Waals surface area contributed by atoms with E-state index < -0.39 is 24.4 Å². The Labute approximate surface area is 209 Å². The number of carbonyl (C=O) groups is 3. The summed E-state index contributed by atoms with van der Waals surface area (Å²) in [4.78, 5) is 38.7. The molecule has 8 nitrogen and oxygen atoms in total. The van der Waals surface area contributed by atoms with Crippen molar-refractivity contribution in [2.24, 2.45) is 0 Å². The molecule has 0 spiro atoms. The maximum Gasteiger partial charge on any atom is 0.329 e. The molecule has 4 amide bonds. The van der Waals surface area contributed by atoms with Crippen LogP contribution >= 0.6 is 0 Å². The van der Waals surface area contributed by atoms with Gasteiger partial charge in [0.15, 0.2) is 11.5 Å². The Morgan fingerprint density at radius 3 is 2.50 bits per heavy atom. The molecule has 36 heavy (non-hydrogen) atoms. The Balaban J connectivity index is 1.43. The van der Waals surface area contributed by atoms with Crippen LogP contribution in [0.1, 0.15) is 23.6 Å². The van der Waals surface area contributed by atoms with E-state index in [1.165, 1.54) is 13.2 Å². The van der Waals surface area contributed by atoms with Crippen LogP contribution in [0.25, 0.3) is 6.08 Å². The van der Waals surface area contributed by atoms with E-state index in [4.69, 9.17) is 9.47 Å². The number of imide groups is 1. The van der Waals surface area contributed by atoms with Gasteiger partial charge in [-0.3, -0.25) is 9.59 Å². The fourth-order valence-electron chi connectivity index (χ4n) is 3.79. The molecule has 0 aliphatic carbocycles. The number of anilines is 1. The smallest absolute Gasteiger partial charge is 0.329 e. The summed E-state index contributed by atoms with van der Waals surface area (Å²) in [5.74, 6) is 0.00311. The van der Waals surface area contributed by atoms with Crippen molar-refractivity contribution in [1.29, 1.82) is 0 Å². The van der Waals surface area contributed by atoms with E-state index in [2.05, 4.69) is 10.6 Å². The van der Waals surface area contributed by atoms with Gasteiger partial charge < -0.3 is 20.1 Å². The lowest BCUT2D eigenvalue weighted by Gasteiger charge is -2.13. The summed E-state index contributed by atoms with van der Waals surface area (Å²) in [5, 5.41) is 5.32. The number of benzene rings is 3. The third-order valence-electron chi connectivity index (χ3n) is 5.67. The molecular formula is C28H27N3O5. The third-order valence-corrected chi connectivity index (χ3v) is 5.67. The number of hydrogen-bond acceptors (Lipinski definition) is 5. The van der Waals surface area contributed by atoms with Gasteiger partial charge in [0.05, 0.1) is 7.11 Å². The number of hydrogen-bond donors (Lipinski definition) is 2. The first kappa shape index (κ1) is 24.5. The Morgan fingerprint density at radius 2 is 1.75 bits per heavy atom. The minimum Gasteiger partial charge on any atom is -0.493 e. The molecule has 0 radical (unpaired) electrons. The number of carbonyl (C=O) groups excluding carboxylic acids is 3. The highest BCUT2D eigenvalue weighted by Gasteiger charge is 2.35. The summed E-state index contributed by atoms with van der Waals surface area (Å²) in [6.45, 7) is 1.97. The van der Waals surface area contributed by atoms with Crippen LogP contribution in [-0.2, 0) is 22.6 Å². The molecule has 2 N–H and O–H groups in total. The number of nitrogens with one attached hydrogen (secondary N) is 2. The number of rotatable bonds is 9. The van der Waals surface area contributed by atoms with E-state index in [0.29, 0.717) is 29.4 Å². The molecule has 1 aliphatic heterocycles. The Hall–Kier alpha value is -4.59. The minimum absolute atomic E-state index is 0.0711. The second-order valence-electron chi connectivity index (χ2n) is 8.12. The topological polar surface area (TPSA) is 97.0 Å². The van der Waals surface area contributed by atoms with Crippen LogP contribution in [0.5, 0.6) is 11.5 Å². The molecule has 0 bridgehead atoms. The summed E-state index contributed by atoms with van der Waals surface area (Å²) in [5.41, 5.74) is 3.35. The molecule has 3 aromatic carbocycles. The van der Waals surface area contributed by atoms with Crippen molar-refractivity contribution in [3.8, 4) is 11.5 Å². The van der Waals surface area contributed by atoms with E-state index >= 15 is 0 Å². The standard InChI is InChI=1S/C28H27N3O5/c1-3-21-11-7-8-12-22(21)29-26(32)17-31-27(33)23(30-28(31)34)15-20-13-14-24(25(16-20)35-2)36-18-19-9-5-4-6-10-19/h4-16H,3,17-18H2,1-2H3,(H,29,32)(H,30,34)/b23-15+. The fourth-order valence-corrected chi connectivity index (χ4v) is 3.79. The van der Waals surface area contributed by atoms with Crippen LogP contribution in [0.3, 0.4) is 0 Å². The molecule has 0 unspecified atom stereocenters. The number of methoxy groups -OCH3 is 1. The molecule has 1 saturated heterocycles. The summed E-state index contributed by atoms with van der Waals surface area (Å²) in [7, 11) is 1.53. The largest absolute Gasteiger partial charge is 0.493 e. The van der Waals surface area contributed by atoms with Crippen LogP contribution in [0.15, 0.2) is 78.5 Å². The van der Waals surface area contributed by atoms with Gasteiger partial charge in [0.25, 0.3) is 5.91 Å². The van der Waals surface area contributed by atoms with E-state index in [1.54, 1.807) is 24.3 Å². The monoisotopic (exact) mass is 485 g/mol. The molecular weight excluding hydrogens is 458 g/mol. The van der Waals surface area contributed by atoms with Crippen molar-refractivity contribution in [3.63, 3.8) is 0 Å². The first-order valence-corrected chi connectivity index (χ1v) is 11.6. The Bertz CT molecular complexity index is 1300. The quantitative estimate of drug-likeness (QED) is 0.347. The van der Waals surface area contributed by atoms with Gasteiger partial charge >= 0.3 is 6.03 Å². The van der Waals surface area contributed by atoms with E-state index in [-0.39, 0.29) is 5.70 Å². The van der Waals surface area contributed by atoms with E-state index in [1.807, 2.05) is 55.5 Å². The lowest BCUT2D eigenvalue weighted by Crippen LogP contribution is -2.38. The van der Waals surface area contributed by atoms with Crippen LogP contribution in [0.4, 0.5) is 10.5 Å². The van der Waals surface area contributed by atoms with Crippen LogP contribution in [0, 0.1) is 0 Å². The van der Waals surface area contributed by atoms with Crippen LogP contribution in [-0.4, -0.2) is 36.4 Å². The van der Waals surface area contributed by atoms with Gasteiger partial charge in [0.2, 0.25) is 5.91 Å². The number of nitrogens with zero attached hydrogens (tertiary/aromatic N) is 1. The molecule has 1 heterocycles. The Morgan fingerprint density at radius 1 is 1.00 bits per heavy atom. The molecule has 0 atom stereocenters. The second-order valence-corrected chi connectivity index (χ2v) is 8.12. The zero-order valence-electron chi connectivity index (χ0n) is 20.1. The first-order chi connectivity index (χ1) is 17.5. The highest BCUT2D eigenvalue weighted by molar-refractivity contribution is 6.16. The van der Waals surface area contributed by atoms with Gasteiger partial charge in [-0.1, -0.05) is 61.5 Å². The van der Waals surface area contributed by atoms with Gasteiger partial charge in [0.1, 0.15) is 18.8 Å². The molecule has 8 heteroatoms. The van der Waals surface area contributed by atoms with Crippen molar-refractivity contribution in [2.75, 3.05) is 19.0 Å². The zero-order chi connectivity index (χ0) is 25.5. The first-order valence-electron chi connectivity index (χ1n) is 11.6. The maximum absolute atomic E-state index is 12.9. The molecule has 1 aliphatic rings. The molecule has 1 fully saturated rings. The van der Waals surface area contributed by atoms with Gasteiger partial charge in [-0.05, 0) is 47.4 Å². The summed E-state index contributed by atoms with van der Waals surface area (Å²) < 4.78 is 11.3. The van der Waals surface area contributed by atoms with Crippen LogP contribution in [0.2, 0.25) is 0 Å². The summed E-state index contributed by atoms with van der Waals surface area (Å²) >= 11 is 0. The lowest BCUT2D eigenvalue weighted by atomic mass is 10.1. The predicted molar refractivity (Wildman–Crippen MR) is 136 cm³/mol. The SMILES string of the molecule is CCc1ccccc1NC(=O)CN1C(=O)N/C(=C/c2ccc(OCc3ccccc3)c(OC)c2)C1=O. The van der Waals surface area contributed by atoms with Crippen LogP contribution < -0.4 is 20.1 Å². The average molecular weight is 486 g/mol. The number of aryl methyl sites for hydroxylation is 1. The zero-order valence-corrected chi connectivity index (χ0v) is 20.1. The van der Waals surface area contributed by atoms with Crippen molar-refractivity contribution >= 4 is 29.6 Å². The summed E-state index contributed by atoms with van der Waals surface area (Å²) in [6, 6.07) is 21.7. The van der Waals surface area contributed by atoms with Crippen molar-refractivity contribution in [3.05, 3.63) is 95.2 Å². The highest BCUT2D eigenvalue weighted by atomic mass is 16.5. The second kappa shape index (κ2) is 11.2. The molecule has 4 rings (SSSR count). The van der Waals surface area contributed by atoms with Crippen molar-refractivity contribution in [2.45, 2.75) is 20.0 Å². The molecule has 0 aromatic heterocycles. The van der Waals surface area contributed by atoms with E-state index in [0.717, 1.165) is 22.4 Å². The van der Waals surface area contributed by atoms with E-state index in [9.17, 15) is 14.4 Å². The number of para-hydroxylation sites is 1. The fraction of sp³-hybridized carbons (Fsp3) is 0.179. The van der Waals surface area contributed by atoms with Gasteiger partial charge in [-0.15, -0.1) is 0 Å². The van der Waals surface area contributed by atoms with Crippen molar-refractivity contribution < 1.29 is 23.9 Å². The van der Waals surface area contributed by atoms with Gasteiger partial charge in [-0.25, -0.2) is 9.69 Å². The average Bonchev–Trinajstić information content (AvgIpc) is 3.15. The Kier molecular flexibility index (Phi) is 7.65. The normalized spacial score (nSPS) is 14.1. The van der Waals surface area contributed by atoms with Gasteiger partial charge in [-0.2, -0.15) is 0 Å². The predicted octanol–water partition coefficient (Wildman–Crippen LogP) is 4.37. The number of urea groups is 1. The number of ether oxygens (including phenoxy) is 2. The third kappa shape index (κ3) is 5.72. The van der Waals surface area contributed by atoms with Crippen molar-refractivity contribution in [1.82, 2.24) is 10.2 Å². The number of amides is 4.